The van der Waals surface area contributed by atoms with E-state index < -0.39 is 11.6 Å². The predicted octanol–water partition coefficient (Wildman–Crippen LogP) is 2.20. The lowest BCUT2D eigenvalue weighted by Gasteiger charge is -1.98. The largest absolute Gasteiger partial charge is 0.421 e. The van der Waals surface area contributed by atoms with Crippen LogP contribution >= 0.6 is 0 Å². The van der Waals surface area contributed by atoms with E-state index in [1.54, 1.807) is 0 Å². The predicted molar refractivity (Wildman–Crippen MR) is 46.3 cm³/mol. The maximum absolute atomic E-state index is 13.2. The molecule has 1 heterocycles. The summed E-state index contributed by atoms with van der Waals surface area (Å²) in [7, 11) is 0. The number of nitrogens with zero attached hydrogens (tertiary/aromatic N) is 1. The average molecular weight is 196 g/mol. The van der Waals surface area contributed by atoms with E-state index in [0.717, 1.165) is 12.1 Å². The van der Waals surface area contributed by atoms with Gasteiger partial charge in [0.15, 0.2) is 0 Å². The lowest BCUT2D eigenvalue weighted by Crippen LogP contribution is -1.89. The molecule has 0 saturated heterocycles. The SMILES string of the molecule is Nc1cnc(-c2c(F)cccc2F)o1. The molecule has 0 amide bonds. The molecule has 0 aliphatic rings. The first kappa shape index (κ1) is 8.68. The van der Waals surface area contributed by atoms with Crippen LogP contribution in [0.4, 0.5) is 14.7 Å². The van der Waals surface area contributed by atoms with Gasteiger partial charge in [0.05, 0.1) is 6.20 Å². The van der Waals surface area contributed by atoms with Crippen molar-refractivity contribution >= 4 is 5.88 Å². The summed E-state index contributed by atoms with van der Waals surface area (Å²) in [6.07, 6.45) is 1.20. The van der Waals surface area contributed by atoms with Crippen LogP contribution in [0.1, 0.15) is 0 Å². The Morgan fingerprint density at radius 1 is 1.21 bits per heavy atom. The number of rotatable bonds is 1. The smallest absolute Gasteiger partial charge is 0.234 e. The second kappa shape index (κ2) is 3.10. The van der Waals surface area contributed by atoms with Crippen molar-refractivity contribution in [1.29, 1.82) is 0 Å². The Labute approximate surface area is 78.2 Å². The van der Waals surface area contributed by atoms with Crippen molar-refractivity contribution in [3.8, 4) is 11.5 Å². The minimum Gasteiger partial charge on any atom is -0.421 e. The number of halogens is 2. The van der Waals surface area contributed by atoms with Gasteiger partial charge in [-0.15, -0.1) is 0 Å². The molecule has 0 saturated carbocycles. The summed E-state index contributed by atoms with van der Waals surface area (Å²) in [5, 5.41) is 0. The van der Waals surface area contributed by atoms with Crippen molar-refractivity contribution in [3.63, 3.8) is 0 Å². The van der Waals surface area contributed by atoms with Gasteiger partial charge in [-0.25, -0.2) is 13.8 Å². The molecule has 0 aliphatic heterocycles. The average Bonchev–Trinajstić information content (AvgIpc) is 2.51. The second-order valence-corrected chi connectivity index (χ2v) is 2.66. The van der Waals surface area contributed by atoms with E-state index in [1.807, 2.05) is 0 Å². The molecule has 14 heavy (non-hydrogen) atoms. The Balaban J connectivity index is 2.61. The zero-order valence-corrected chi connectivity index (χ0v) is 7.00. The molecule has 72 valence electrons. The highest BCUT2D eigenvalue weighted by Crippen LogP contribution is 2.25. The van der Waals surface area contributed by atoms with Gasteiger partial charge in [-0.1, -0.05) is 6.07 Å². The topological polar surface area (TPSA) is 52.0 Å². The summed E-state index contributed by atoms with van der Waals surface area (Å²) in [4.78, 5) is 3.64. The fourth-order valence-corrected chi connectivity index (χ4v) is 1.10. The maximum Gasteiger partial charge on any atom is 0.234 e. The minimum atomic E-state index is -0.730. The standard InChI is InChI=1S/C9H6F2N2O/c10-5-2-1-3-6(11)8(5)9-13-4-7(12)14-9/h1-4H,12H2. The Morgan fingerprint density at radius 2 is 1.86 bits per heavy atom. The van der Waals surface area contributed by atoms with Crippen LogP contribution in [0.25, 0.3) is 11.5 Å². The van der Waals surface area contributed by atoms with Crippen molar-refractivity contribution in [2.45, 2.75) is 0 Å². The first-order valence-corrected chi connectivity index (χ1v) is 3.84. The number of aromatic nitrogens is 1. The normalized spacial score (nSPS) is 10.4. The van der Waals surface area contributed by atoms with Gasteiger partial charge >= 0.3 is 0 Å². The number of oxazole rings is 1. The highest BCUT2D eigenvalue weighted by molar-refractivity contribution is 5.56. The molecular formula is C9H6F2N2O. The number of anilines is 1. The first-order chi connectivity index (χ1) is 6.68. The zero-order chi connectivity index (χ0) is 10.1. The Hall–Kier alpha value is -1.91. The highest BCUT2D eigenvalue weighted by Gasteiger charge is 2.15. The van der Waals surface area contributed by atoms with E-state index in [0.29, 0.717) is 0 Å². The van der Waals surface area contributed by atoms with Gasteiger partial charge in [0, 0.05) is 0 Å². The van der Waals surface area contributed by atoms with Gasteiger partial charge in [0.25, 0.3) is 0 Å². The van der Waals surface area contributed by atoms with Crippen LogP contribution in [-0.2, 0) is 0 Å². The molecule has 0 atom stereocenters. The Morgan fingerprint density at radius 3 is 2.36 bits per heavy atom. The molecule has 1 aromatic carbocycles. The molecule has 2 rings (SSSR count). The fourth-order valence-electron chi connectivity index (χ4n) is 1.10. The monoisotopic (exact) mass is 196 g/mol. The lowest BCUT2D eigenvalue weighted by molar-refractivity contribution is 0.551. The van der Waals surface area contributed by atoms with Gasteiger partial charge < -0.3 is 10.2 Å². The van der Waals surface area contributed by atoms with Crippen LogP contribution in [0, 0.1) is 11.6 Å². The van der Waals surface area contributed by atoms with Crippen molar-refractivity contribution in [2.75, 3.05) is 5.73 Å². The highest BCUT2D eigenvalue weighted by atomic mass is 19.1. The Bertz CT molecular complexity index is 447. The van der Waals surface area contributed by atoms with Crippen LogP contribution in [0.15, 0.2) is 28.8 Å². The van der Waals surface area contributed by atoms with E-state index in [9.17, 15) is 8.78 Å². The van der Waals surface area contributed by atoms with Crippen LogP contribution in [0.3, 0.4) is 0 Å². The first-order valence-electron chi connectivity index (χ1n) is 3.84. The molecule has 0 spiro atoms. The van der Waals surface area contributed by atoms with Crippen LogP contribution in [-0.4, -0.2) is 4.98 Å². The summed E-state index contributed by atoms with van der Waals surface area (Å²) in [5.41, 5.74) is 4.94. The molecule has 0 aliphatic carbocycles. The van der Waals surface area contributed by atoms with Gasteiger partial charge in [-0.3, -0.25) is 0 Å². The van der Waals surface area contributed by atoms with Crippen LogP contribution in [0.5, 0.6) is 0 Å². The molecule has 0 unspecified atom stereocenters. The number of hydrogen-bond acceptors (Lipinski definition) is 3. The number of benzene rings is 1. The third-order valence-corrected chi connectivity index (χ3v) is 1.70. The van der Waals surface area contributed by atoms with Crippen LogP contribution in [0.2, 0.25) is 0 Å². The molecule has 5 heteroatoms. The summed E-state index contributed by atoms with van der Waals surface area (Å²) in [5.74, 6) is -1.60. The van der Waals surface area contributed by atoms with Crippen molar-refractivity contribution in [2.24, 2.45) is 0 Å². The molecule has 0 bridgehead atoms. The number of nitrogen functional groups attached to an aromatic ring is 1. The van der Waals surface area contributed by atoms with E-state index in [2.05, 4.69) is 4.98 Å². The molecule has 1 aromatic heterocycles. The van der Waals surface area contributed by atoms with Gasteiger partial charge in [0.2, 0.25) is 11.8 Å². The maximum atomic E-state index is 13.2. The quantitative estimate of drug-likeness (QED) is 0.760. The van der Waals surface area contributed by atoms with E-state index >= 15 is 0 Å². The van der Waals surface area contributed by atoms with Crippen LogP contribution < -0.4 is 5.73 Å². The summed E-state index contributed by atoms with van der Waals surface area (Å²) in [6, 6.07) is 3.51. The van der Waals surface area contributed by atoms with Crippen molar-refractivity contribution in [3.05, 3.63) is 36.0 Å². The van der Waals surface area contributed by atoms with E-state index in [1.165, 1.54) is 12.3 Å². The lowest BCUT2D eigenvalue weighted by atomic mass is 10.2. The summed E-state index contributed by atoms with van der Waals surface area (Å²) >= 11 is 0. The van der Waals surface area contributed by atoms with Crippen molar-refractivity contribution < 1.29 is 13.2 Å². The molecule has 2 aromatic rings. The second-order valence-electron chi connectivity index (χ2n) is 2.66. The third kappa shape index (κ3) is 1.32. The summed E-state index contributed by atoms with van der Waals surface area (Å²) in [6.45, 7) is 0. The molecule has 2 N–H and O–H groups in total. The Kier molecular flexibility index (Phi) is 1.92. The fraction of sp³-hybridized carbons (Fsp3) is 0. The summed E-state index contributed by atoms with van der Waals surface area (Å²) < 4.78 is 31.1. The van der Waals surface area contributed by atoms with Gasteiger partial charge in [-0.05, 0) is 12.1 Å². The number of nitrogens with two attached hydrogens (primary N) is 1. The molecule has 0 fully saturated rings. The third-order valence-electron chi connectivity index (χ3n) is 1.70. The molecule has 0 radical (unpaired) electrons. The zero-order valence-electron chi connectivity index (χ0n) is 7.00. The minimum absolute atomic E-state index is 0.0163. The van der Waals surface area contributed by atoms with Gasteiger partial charge in [0.1, 0.15) is 17.2 Å². The van der Waals surface area contributed by atoms with Gasteiger partial charge in [-0.2, -0.15) is 0 Å². The molecule has 3 nitrogen and oxygen atoms in total. The number of hydrogen-bond donors (Lipinski definition) is 1. The van der Waals surface area contributed by atoms with Crippen molar-refractivity contribution in [1.82, 2.24) is 4.98 Å². The molecular weight excluding hydrogens is 190 g/mol. The van der Waals surface area contributed by atoms with E-state index in [-0.39, 0.29) is 17.3 Å². The van der Waals surface area contributed by atoms with E-state index in [4.69, 9.17) is 10.2 Å².